The van der Waals surface area contributed by atoms with Crippen molar-refractivity contribution in [1.29, 1.82) is 0 Å². The Kier molecular flexibility index (Phi) is 6.42. The number of rotatable bonds is 9. The molecule has 1 atom stereocenters. The number of hydrogen-bond acceptors (Lipinski definition) is 3. The number of aryl methyl sites for hydroxylation is 2. The normalized spacial score (nSPS) is 16.5. The second-order valence-corrected chi connectivity index (χ2v) is 7.18. The summed E-state index contributed by atoms with van der Waals surface area (Å²) in [5.74, 6) is 0.516. The second-order valence-electron chi connectivity index (χ2n) is 7.18. The van der Waals surface area contributed by atoms with Gasteiger partial charge in [-0.25, -0.2) is 0 Å². The van der Waals surface area contributed by atoms with E-state index in [0.29, 0.717) is 25.1 Å². The number of nitrogens with zero attached hydrogens (tertiary/aromatic N) is 1. The maximum atomic E-state index is 10.2. The minimum Gasteiger partial charge on any atom is -0.389 e. The molecule has 0 bridgehead atoms. The predicted molar refractivity (Wildman–Crippen MR) is 91.0 cm³/mol. The average Bonchev–Trinajstić information content (AvgIpc) is 3.24. The zero-order valence-electron chi connectivity index (χ0n) is 14.5. The average molecular weight is 305 g/mol. The van der Waals surface area contributed by atoms with Crippen LogP contribution >= 0.6 is 0 Å². The van der Waals surface area contributed by atoms with Crippen LogP contribution in [0.1, 0.15) is 43.4 Å². The molecule has 2 rings (SSSR count). The summed E-state index contributed by atoms with van der Waals surface area (Å²) in [6.45, 7) is 11.4. The summed E-state index contributed by atoms with van der Waals surface area (Å²) in [6, 6.07) is 7.28. The fourth-order valence-corrected chi connectivity index (χ4v) is 2.79. The first kappa shape index (κ1) is 17.5. The lowest BCUT2D eigenvalue weighted by molar-refractivity contribution is 0.00545. The SMILES string of the molecule is Cc1ccc(CN(CC(O)COCC(C)C)C2CC2)c(C)c1. The van der Waals surface area contributed by atoms with E-state index >= 15 is 0 Å². The maximum Gasteiger partial charge on any atom is 0.0900 e. The van der Waals surface area contributed by atoms with Gasteiger partial charge in [-0.15, -0.1) is 0 Å². The van der Waals surface area contributed by atoms with Gasteiger partial charge in [-0.3, -0.25) is 4.90 Å². The van der Waals surface area contributed by atoms with Gasteiger partial charge < -0.3 is 9.84 Å². The van der Waals surface area contributed by atoms with Gasteiger partial charge in [0.15, 0.2) is 0 Å². The van der Waals surface area contributed by atoms with E-state index in [2.05, 4.69) is 50.8 Å². The zero-order valence-corrected chi connectivity index (χ0v) is 14.5. The van der Waals surface area contributed by atoms with Crippen molar-refractivity contribution < 1.29 is 9.84 Å². The molecule has 0 heterocycles. The van der Waals surface area contributed by atoms with Crippen LogP contribution in [0.15, 0.2) is 18.2 Å². The molecule has 3 nitrogen and oxygen atoms in total. The number of aliphatic hydroxyl groups excluding tert-OH is 1. The smallest absolute Gasteiger partial charge is 0.0900 e. The molecule has 0 saturated heterocycles. The first-order valence-corrected chi connectivity index (χ1v) is 8.51. The molecule has 0 radical (unpaired) electrons. The lowest BCUT2D eigenvalue weighted by atomic mass is 10.1. The molecular weight excluding hydrogens is 274 g/mol. The highest BCUT2D eigenvalue weighted by Crippen LogP contribution is 2.29. The lowest BCUT2D eigenvalue weighted by Gasteiger charge is -2.26. The van der Waals surface area contributed by atoms with Gasteiger partial charge in [0.2, 0.25) is 0 Å². The molecule has 1 aromatic carbocycles. The standard InChI is InChI=1S/C19H31NO2/c1-14(2)12-22-13-19(21)11-20(18-7-8-18)10-17-6-5-15(3)9-16(17)4/h5-6,9,14,18-19,21H,7-8,10-13H2,1-4H3. The predicted octanol–water partition coefficient (Wildman–Crippen LogP) is 3.30. The summed E-state index contributed by atoms with van der Waals surface area (Å²) >= 11 is 0. The molecule has 0 amide bonds. The van der Waals surface area contributed by atoms with Crippen molar-refractivity contribution in [3.05, 3.63) is 34.9 Å². The van der Waals surface area contributed by atoms with E-state index in [1.165, 1.54) is 29.5 Å². The van der Waals surface area contributed by atoms with E-state index in [-0.39, 0.29) is 0 Å². The van der Waals surface area contributed by atoms with Gasteiger partial charge in [-0.05, 0) is 43.7 Å². The molecule has 1 aliphatic carbocycles. The highest BCUT2D eigenvalue weighted by atomic mass is 16.5. The molecule has 1 aliphatic rings. The topological polar surface area (TPSA) is 32.7 Å². The minimum atomic E-state index is -0.398. The van der Waals surface area contributed by atoms with Crippen molar-refractivity contribution in [3.8, 4) is 0 Å². The Labute approximate surface area is 135 Å². The zero-order chi connectivity index (χ0) is 16.1. The lowest BCUT2D eigenvalue weighted by Crippen LogP contribution is -2.36. The van der Waals surface area contributed by atoms with Gasteiger partial charge in [0.05, 0.1) is 12.7 Å². The highest BCUT2D eigenvalue weighted by Gasteiger charge is 2.30. The summed E-state index contributed by atoms with van der Waals surface area (Å²) in [5.41, 5.74) is 4.02. The van der Waals surface area contributed by atoms with Crippen molar-refractivity contribution >= 4 is 0 Å². The second kappa shape index (κ2) is 8.09. The third kappa shape index (κ3) is 5.71. The minimum absolute atomic E-state index is 0.398. The molecule has 1 aromatic rings. The van der Waals surface area contributed by atoms with Gasteiger partial charge in [0, 0.05) is 25.7 Å². The largest absolute Gasteiger partial charge is 0.389 e. The van der Waals surface area contributed by atoms with E-state index < -0.39 is 6.10 Å². The van der Waals surface area contributed by atoms with Crippen LogP contribution in [0.3, 0.4) is 0 Å². The molecule has 1 fully saturated rings. The van der Waals surface area contributed by atoms with Crippen LogP contribution in [0.2, 0.25) is 0 Å². The Hall–Kier alpha value is -0.900. The monoisotopic (exact) mass is 305 g/mol. The maximum absolute atomic E-state index is 10.2. The molecule has 0 aliphatic heterocycles. The Morgan fingerprint density at radius 1 is 1.23 bits per heavy atom. The van der Waals surface area contributed by atoms with Crippen LogP contribution in [0, 0.1) is 19.8 Å². The molecule has 1 unspecified atom stereocenters. The molecule has 22 heavy (non-hydrogen) atoms. The van der Waals surface area contributed by atoms with Gasteiger partial charge in [0.1, 0.15) is 0 Å². The Bertz CT molecular complexity index is 469. The van der Waals surface area contributed by atoms with E-state index in [9.17, 15) is 5.11 Å². The third-order valence-electron chi connectivity index (χ3n) is 4.14. The summed E-state index contributed by atoms with van der Waals surface area (Å²) in [6.07, 6.45) is 2.11. The molecule has 3 heteroatoms. The first-order valence-electron chi connectivity index (χ1n) is 8.51. The van der Waals surface area contributed by atoms with E-state index in [1.807, 2.05) is 0 Å². The third-order valence-corrected chi connectivity index (χ3v) is 4.14. The number of hydrogen-bond donors (Lipinski definition) is 1. The van der Waals surface area contributed by atoms with Crippen molar-refractivity contribution in [2.45, 2.75) is 59.2 Å². The van der Waals surface area contributed by atoms with Crippen LogP contribution in [-0.4, -0.2) is 41.9 Å². The van der Waals surface area contributed by atoms with Crippen molar-refractivity contribution in [2.75, 3.05) is 19.8 Å². The van der Waals surface area contributed by atoms with Gasteiger partial charge in [-0.1, -0.05) is 37.6 Å². The van der Waals surface area contributed by atoms with Gasteiger partial charge >= 0.3 is 0 Å². The summed E-state index contributed by atoms with van der Waals surface area (Å²) in [7, 11) is 0. The van der Waals surface area contributed by atoms with Crippen LogP contribution in [-0.2, 0) is 11.3 Å². The summed E-state index contributed by atoms with van der Waals surface area (Å²) in [5, 5.41) is 10.2. The van der Waals surface area contributed by atoms with Crippen molar-refractivity contribution in [2.24, 2.45) is 5.92 Å². The van der Waals surface area contributed by atoms with E-state index in [4.69, 9.17) is 4.74 Å². The molecule has 1 saturated carbocycles. The summed E-state index contributed by atoms with van der Waals surface area (Å²) in [4.78, 5) is 2.42. The molecule has 0 spiro atoms. The fourth-order valence-electron chi connectivity index (χ4n) is 2.79. The van der Waals surface area contributed by atoms with Crippen LogP contribution in [0.4, 0.5) is 0 Å². The van der Waals surface area contributed by atoms with Gasteiger partial charge in [0.25, 0.3) is 0 Å². The fraction of sp³-hybridized carbons (Fsp3) is 0.684. The van der Waals surface area contributed by atoms with E-state index in [0.717, 1.165) is 13.2 Å². The summed E-state index contributed by atoms with van der Waals surface area (Å²) < 4.78 is 5.57. The quantitative estimate of drug-likeness (QED) is 0.760. The Morgan fingerprint density at radius 2 is 1.95 bits per heavy atom. The van der Waals surface area contributed by atoms with E-state index in [1.54, 1.807) is 0 Å². The first-order chi connectivity index (χ1) is 10.5. The molecule has 124 valence electrons. The Morgan fingerprint density at radius 3 is 2.55 bits per heavy atom. The number of benzene rings is 1. The number of ether oxygens (including phenoxy) is 1. The van der Waals surface area contributed by atoms with Crippen LogP contribution in [0.25, 0.3) is 0 Å². The van der Waals surface area contributed by atoms with Crippen molar-refractivity contribution in [1.82, 2.24) is 4.90 Å². The van der Waals surface area contributed by atoms with Crippen molar-refractivity contribution in [3.63, 3.8) is 0 Å². The van der Waals surface area contributed by atoms with Crippen LogP contribution < -0.4 is 0 Å². The number of aliphatic hydroxyl groups is 1. The molecular formula is C19H31NO2. The van der Waals surface area contributed by atoms with Gasteiger partial charge in [-0.2, -0.15) is 0 Å². The molecule has 1 N–H and O–H groups in total. The molecule has 0 aromatic heterocycles. The Balaban J connectivity index is 1.87. The highest BCUT2D eigenvalue weighted by molar-refractivity contribution is 5.30. The van der Waals surface area contributed by atoms with Crippen LogP contribution in [0.5, 0.6) is 0 Å².